The summed E-state index contributed by atoms with van der Waals surface area (Å²) >= 11 is 0. The van der Waals surface area contributed by atoms with Crippen molar-refractivity contribution in [2.45, 2.75) is 32.0 Å². The summed E-state index contributed by atoms with van der Waals surface area (Å²) in [5.41, 5.74) is 2.53. The van der Waals surface area contributed by atoms with Gasteiger partial charge < -0.3 is 25.5 Å². The number of carbonyl (C=O) groups is 3. The Morgan fingerprint density at radius 2 is 1.73 bits per heavy atom. The second kappa shape index (κ2) is 9.60. The van der Waals surface area contributed by atoms with Gasteiger partial charge in [0.1, 0.15) is 18.7 Å². The molecule has 0 radical (unpaired) electrons. The molecule has 4 N–H and O–H groups in total. The molecule has 0 bridgehead atoms. The van der Waals surface area contributed by atoms with Crippen molar-refractivity contribution in [1.29, 1.82) is 0 Å². The number of carbonyl (C=O) groups excluding carboxylic acids is 2. The molecule has 2 amide bonds. The molecule has 3 aromatic rings. The number of amides is 2. The highest BCUT2D eigenvalue weighted by Crippen LogP contribution is 2.19. The van der Waals surface area contributed by atoms with E-state index in [4.69, 9.17) is 9.84 Å². The number of aromatic amines is 1. The Hall–Kier alpha value is -3.81. The molecule has 1 heterocycles. The standard InChI is InChI=1S/C22H23N3O5/c1-14(21(27)28)24-20(26)19(11-16-12-23-18-10-6-5-9-17(16)18)25-22(29)30-13-15-7-3-2-4-8-15/h2-10,12,14,19,23H,11,13H2,1H3,(H,24,26)(H,25,29)(H,27,28)/t14-,19+/m1/s1. The molecule has 30 heavy (non-hydrogen) atoms. The fraction of sp³-hybridized carbons (Fsp3) is 0.227. The molecule has 8 heteroatoms. The minimum Gasteiger partial charge on any atom is -0.480 e. The van der Waals surface area contributed by atoms with E-state index in [1.54, 1.807) is 6.20 Å². The lowest BCUT2D eigenvalue weighted by molar-refractivity contribution is -0.141. The summed E-state index contributed by atoms with van der Waals surface area (Å²) in [7, 11) is 0. The molecular formula is C22H23N3O5. The van der Waals surface area contributed by atoms with Crippen molar-refractivity contribution in [3.8, 4) is 0 Å². The minimum absolute atomic E-state index is 0.0552. The first-order valence-electron chi connectivity index (χ1n) is 9.49. The van der Waals surface area contributed by atoms with Gasteiger partial charge in [0.2, 0.25) is 5.91 Å². The van der Waals surface area contributed by atoms with Gasteiger partial charge in [-0.25, -0.2) is 4.79 Å². The summed E-state index contributed by atoms with van der Waals surface area (Å²) < 4.78 is 5.21. The van der Waals surface area contributed by atoms with Crippen LogP contribution in [0.5, 0.6) is 0 Å². The van der Waals surface area contributed by atoms with E-state index >= 15 is 0 Å². The van der Waals surface area contributed by atoms with Crippen molar-refractivity contribution in [3.05, 3.63) is 71.9 Å². The molecule has 2 aromatic carbocycles. The van der Waals surface area contributed by atoms with Gasteiger partial charge in [0.05, 0.1) is 0 Å². The number of nitrogens with one attached hydrogen (secondary N) is 3. The summed E-state index contributed by atoms with van der Waals surface area (Å²) in [5.74, 6) is -1.77. The Morgan fingerprint density at radius 1 is 1.03 bits per heavy atom. The molecule has 0 aliphatic carbocycles. The molecule has 0 saturated heterocycles. The number of H-pyrrole nitrogens is 1. The summed E-state index contributed by atoms with van der Waals surface area (Å²) in [6.45, 7) is 1.41. The van der Waals surface area contributed by atoms with Crippen LogP contribution >= 0.6 is 0 Å². The van der Waals surface area contributed by atoms with Crippen molar-refractivity contribution in [2.75, 3.05) is 0 Å². The number of aromatic nitrogens is 1. The number of hydrogen-bond donors (Lipinski definition) is 4. The molecule has 0 aliphatic rings. The summed E-state index contributed by atoms with van der Waals surface area (Å²) in [6, 6.07) is 14.6. The van der Waals surface area contributed by atoms with Crippen LogP contribution < -0.4 is 10.6 Å². The van der Waals surface area contributed by atoms with Crippen LogP contribution in [0.15, 0.2) is 60.8 Å². The van der Waals surface area contributed by atoms with E-state index in [9.17, 15) is 14.4 Å². The highest BCUT2D eigenvalue weighted by Gasteiger charge is 2.26. The van der Waals surface area contributed by atoms with E-state index in [0.29, 0.717) is 0 Å². The number of fused-ring (bicyclic) bond motifs is 1. The van der Waals surface area contributed by atoms with Crippen molar-refractivity contribution >= 4 is 28.9 Å². The Morgan fingerprint density at radius 3 is 2.47 bits per heavy atom. The van der Waals surface area contributed by atoms with Crippen molar-refractivity contribution in [3.63, 3.8) is 0 Å². The average molecular weight is 409 g/mol. The van der Waals surface area contributed by atoms with Crippen molar-refractivity contribution in [2.24, 2.45) is 0 Å². The van der Waals surface area contributed by atoms with E-state index in [2.05, 4.69) is 15.6 Å². The molecule has 0 aliphatic heterocycles. The number of rotatable bonds is 8. The van der Waals surface area contributed by atoms with Crippen LogP contribution in [0.3, 0.4) is 0 Å². The molecule has 8 nitrogen and oxygen atoms in total. The van der Waals surface area contributed by atoms with Gasteiger partial charge >= 0.3 is 12.1 Å². The van der Waals surface area contributed by atoms with E-state index in [1.807, 2.05) is 54.6 Å². The predicted octanol–water partition coefficient (Wildman–Crippen LogP) is 2.59. The number of benzene rings is 2. The Balaban J connectivity index is 1.72. The molecular weight excluding hydrogens is 386 g/mol. The van der Waals surface area contributed by atoms with Crippen molar-refractivity contribution < 1.29 is 24.2 Å². The predicted molar refractivity (Wildman–Crippen MR) is 111 cm³/mol. The fourth-order valence-corrected chi connectivity index (χ4v) is 3.01. The lowest BCUT2D eigenvalue weighted by Gasteiger charge is -2.19. The monoisotopic (exact) mass is 409 g/mol. The highest BCUT2D eigenvalue weighted by molar-refractivity contribution is 5.90. The van der Waals surface area contributed by atoms with Gasteiger partial charge in [0, 0.05) is 23.5 Å². The third-order valence-corrected chi connectivity index (χ3v) is 4.65. The maximum Gasteiger partial charge on any atom is 0.408 e. The van der Waals surface area contributed by atoms with Gasteiger partial charge in [-0.1, -0.05) is 48.5 Å². The van der Waals surface area contributed by atoms with Crippen molar-refractivity contribution in [1.82, 2.24) is 15.6 Å². The first-order valence-corrected chi connectivity index (χ1v) is 9.49. The maximum atomic E-state index is 12.7. The number of carboxylic acids is 1. The van der Waals surface area contributed by atoms with Gasteiger partial charge in [-0.2, -0.15) is 0 Å². The number of alkyl carbamates (subject to hydrolysis) is 1. The Labute approximate surface area is 173 Å². The summed E-state index contributed by atoms with van der Waals surface area (Å²) in [5, 5.41) is 14.9. The molecule has 1 aromatic heterocycles. The number of hydrogen-bond acceptors (Lipinski definition) is 4. The van der Waals surface area contributed by atoms with Crippen LogP contribution in [0.25, 0.3) is 10.9 Å². The molecule has 0 saturated carbocycles. The van der Waals surface area contributed by atoms with Gasteiger partial charge in [0.15, 0.2) is 0 Å². The lowest BCUT2D eigenvalue weighted by atomic mass is 10.0. The summed E-state index contributed by atoms with van der Waals surface area (Å²) in [6.07, 6.45) is 1.17. The van der Waals surface area contributed by atoms with E-state index in [1.165, 1.54) is 6.92 Å². The minimum atomic E-state index is -1.17. The van der Waals surface area contributed by atoms with Gasteiger partial charge in [-0.3, -0.25) is 9.59 Å². The highest BCUT2D eigenvalue weighted by atomic mass is 16.5. The molecule has 156 valence electrons. The molecule has 0 spiro atoms. The van der Waals surface area contributed by atoms with Crippen LogP contribution in [0.2, 0.25) is 0 Å². The maximum absolute atomic E-state index is 12.7. The Kier molecular flexibility index (Phi) is 6.69. The number of carboxylic acid groups (broad SMARTS) is 1. The largest absolute Gasteiger partial charge is 0.480 e. The van der Waals surface area contributed by atoms with Crippen LogP contribution in [0.1, 0.15) is 18.1 Å². The Bertz CT molecular complexity index is 1030. The van der Waals surface area contributed by atoms with E-state index in [0.717, 1.165) is 22.0 Å². The fourth-order valence-electron chi connectivity index (χ4n) is 3.01. The molecule has 0 unspecified atom stereocenters. The second-order valence-electron chi connectivity index (χ2n) is 6.89. The topological polar surface area (TPSA) is 121 Å². The van der Waals surface area contributed by atoms with Gasteiger partial charge in [0.25, 0.3) is 0 Å². The zero-order valence-electron chi connectivity index (χ0n) is 16.4. The third kappa shape index (κ3) is 5.38. The zero-order valence-corrected chi connectivity index (χ0v) is 16.4. The second-order valence-corrected chi connectivity index (χ2v) is 6.89. The SMILES string of the molecule is C[C@@H](NC(=O)[C@H](Cc1c[nH]c2ccccc12)NC(=O)OCc1ccccc1)C(=O)O. The van der Waals surface area contributed by atoms with E-state index < -0.39 is 30.1 Å². The normalized spacial score (nSPS) is 12.7. The first kappa shape index (κ1) is 20.9. The van der Waals surface area contributed by atoms with Gasteiger partial charge in [-0.05, 0) is 24.1 Å². The first-order chi connectivity index (χ1) is 14.4. The van der Waals surface area contributed by atoms with E-state index in [-0.39, 0.29) is 13.0 Å². The van der Waals surface area contributed by atoms with Crippen LogP contribution in [0, 0.1) is 0 Å². The zero-order chi connectivity index (χ0) is 21.5. The summed E-state index contributed by atoms with van der Waals surface area (Å²) in [4.78, 5) is 39.2. The lowest BCUT2D eigenvalue weighted by Crippen LogP contribution is -2.51. The number of aliphatic carboxylic acids is 1. The van der Waals surface area contributed by atoms with Gasteiger partial charge in [-0.15, -0.1) is 0 Å². The number of ether oxygens (including phenoxy) is 1. The average Bonchev–Trinajstić information content (AvgIpc) is 3.15. The third-order valence-electron chi connectivity index (χ3n) is 4.65. The molecule has 3 rings (SSSR count). The number of para-hydroxylation sites is 1. The van der Waals surface area contributed by atoms with Crippen LogP contribution in [-0.4, -0.2) is 40.1 Å². The van der Waals surface area contributed by atoms with Crippen LogP contribution in [-0.2, 0) is 27.4 Å². The molecule has 2 atom stereocenters. The molecule has 0 fully saturated rings. The van der Waals surface area contributed by atoms with Crippen LogP contribution in [0.4, 0.5) is 4.79 Å². The quantitative estimate of drug-likeness (QED) is 0.456. The smallest absolute Gasteiger partial charge is 0.408 e.